The number of phenolic OH excluding ortho intramolecular Hbond substituents is 1. The minimum Gasteiger partial charge on any atom is -0.507 e. The molecule has 0 aliphatic carbocycles. The van der Waals surface area contributed by atoms with Gasteiger partial charge in [0, 0.05) is 0 Å². The third kappa shape index (κ3) is 4.57. The number of hydrogen-bond donors (Lipinski definition) is 2. The molecule has 1 amide bonds. The average Bonchev–Trinajstić information content (AvgIpc) is 2.73. The van der Waals surface area contributed by atoms with Crippen LogP contribution in [0.3, 0.4) is 0 Å². The smallest absolute Gasteiger partial charge is 0.342 e. The molecule has 5 heteroatoms. The summed E-state index contributed by atoms with van der Waals surface area (Å²) < 4.78 is 5.09. The second-order valence-electron chi connectivity index (χ2n) is 6.37. The van der Waals surface area contributed by atoms with E-state index >= 15 is 0 Å². The van der Waals surface area contributed by atoms with E-state index in [0.717, 1.165) is 11.1 Å². The van der Waals surface area contributed by atoms with Crippen LogP contribution < -0.4 is 5.32 Å². The van der Waals surface area contributed by atoms with E-state index in [1.54, 1.807) is 19.1 Å². The molecular formula is C23H21NO4. The number of aryl methyl sites for hydroxylation is 1. The molecule has 0 heterocycles. The number of ether oxygens (including phenoxy) is 1. The summed E-state index contributed by atoms with van der Waals surface area (Å²) in [5.41, 5.74) is 2.44. The molecule has 0 unspecified atom stereocenters. The molecule has 0 radical (unpaired) electrons. The Morgan fingerprint density at radius 2 is 1.46 bits per heavy atom. The summed E-state index contributed by atoms with van der Waals surface area (Å²) in [7, 11) is 0. The predicted octanol–water partition coefficient (Wildman–Crippen LogP) is 3.76. The third-order valence-electron chi connectivity index (χ3n) is 4.36. The van der Waals surface area contributed by atoms with E-state index in [2.05, 4.69) is 5.32 Å². The van der Waals surface area contributed by atoms with Gasteiger partial charge in [0.2, 0.25) is 0 Å². The first-order chi connectivity index (χ1) is 13.6. The second-order valence-corrected chi connectivity index (χ2v) is 6.37. The fourth-order valence-corrected chi connectivity index (χ4v) is 2.89. The Kier molecular flexibility index (Phi) is 6.07. The monoisotopic (exact) mass is 375 g/mol. The van der Waals surface area contributed by atoms with Gasteiger partial charge in [-0.25, -0.2) is 4.79 Å². The number of para-hydroxylation sites is 1. The van der Waals surface area contributed by atoms with Gasteiger partial charge in [-0.05, 0) is 29.7 Å². The standard InChI is InChI=1S/C23H21NO4/c1-16-9-8-14-19(22(16)26)23(27)28-15-20(25)24-21(17-10-4-2-5-11-17)18-12-6-3-7-13-18/h2-14,21,26H,15H2,1H3,(H,24,25). The molecule has 3 aromatic rings. The van der Waals surface area contributed by atoms with Crippen LogP contribution in [0.25, 0.3) is 0 Å². The molecule has 0 aromatic heterocycles. The van der Waals surface area contributed by atoms with E-state index < -0.39 is 18.5 Å². The Morgan fingerprint density at radius 3 is 2.04 bits per heavy atom. The number of aromatic hydroxyl groups is 1. The SMILES string of the molecule is Cc1cccc(C(=O)OCC(=O)NC(c2ccccc2)c2ccccc2)c1O. The first-order valence-corrected chi connectivity index (χ1v) is 8.91. The summed E-state index contributed by atoms with van der Waals surface area (Å²) >= 11 is 0. The number of benzene rings is 3. The fourth-order valence-electron chi connectivity index (χ4n) is 2.89. The first-order valence-electron chi connectivity index (χ1n) is 8.91. The van der Waals surface area contributed by atoms with Gasteiger partial charge in [-0.1, -0.05) is 72.8 Å². The molecule has 0 spiro atoms. The number of esters is 1. The van der Waals surface area contributed by atoms with Crippen molar-refractivity contribution in [2.24, 2.45) is 0 Å². The van der Waals surface area contributed by atoms with Crippen molar-refractivity contribution < 1.29 is 19.4 Å². The van der Waals surface area contributed by atoms with Gasteiger partial charge in [0.25, 0.3) is 5.91 Å². The lowest BCUT2D eigenvalue weighted by Gasteiger charge is -2.20. The molecule has 3 aromatic carbocycles. The first kappa shape index (κ1) is 19.2. The van der Waals surface area contributed by atoms with E-state index in [1.165, 1.54) is 6.07 Å². The van der Waals surface area contributed by atoms with E-state index in [0.29, 0.717) is 5.56 Å². The van der Waals surface area contributed by atoms with Gasteiger partial charge < -0.3 is 15.2 Å². The average molecular weight is 375 g/mol. The Labute approximate surface area is 163 Å². The van der Waals surface area contributed by atoms with Gasteiger partial charge in [-0.3, -0.25) is 4.79 Å². The maximum absolute atomic E-state index is 12.4. The van der Waals surface area contributed by atoms with Crippen LogP contribution in [0.15, 0.2) is 78.9 Å². The van der Waals surface area contributed by atoms with Crippen LogP contribution in [0.5, 0.6) is 5.75 Å². The number of hydrogen-bond acceptors (Lipinski definition) is 4. The number of nitrogens with one attached hydrogen (secondary N) is 1. The van der Waals surface area contributed by atoms with Crippen molar-refractivity contribution in [3.05, 3.63) is 101 Å². The van der Waals surface area contributed by atoms with Gasteiger partial charge in [-0.2, -0.15) is 0 Å². The number of carbonyl (C=O) groups excluding carboxylic acids is 2. The van der Waals surface area contributed by atoms with Crippen LogP contribution in [0.4, 0.5) is 0 Å². The molecule has 0 saturated carbocycles. The molecule has 2 N–H and O–H groups in total. The Bertz CT molecular complexity index is 915. The lowest BCUT2D eigenvalue weighted by Crippen LogP contribution is -2.33. The third-order valence-corrected chi connectivity index (χ3v) is 4.36. The largest absolute Gasteiger partial charge is 0.507 e. The van der Waals surface area contributed by atoms with Gasteiger partial charge in [0.15, 0.2) is 6.61 Å². The number of carbonyl (C=O) groups is 2. The Morgan fingerprint density at radius 1 is 0.893 bits per heavy atom. The zero-order valence-electron chi connectivity index (χ0n) is 15.5. The van der Waals surface area contributed by atoms with Crippen molar-refractivity contribution in [1.82, 2.24) is 5.32 Å². The van der Waals surface area contributed by atoms with Gasteiger partial charge in [-0.15, -0.1) is 0 Å². The number of phenols is 1. The van der Waals surface area contributed by atoms with Crippen molar-refractivity contribution in [3.63, 3.8) is 0 Å². The van der Waals surface area contributed by atoms with Crippen LogP contribution in [-0.4, -0.2) is 23.6 Å². The highest BCUT2D eigenvalue weighted by Gasteiger charge is 2.19. The molecular weight excluding hydrogens is 354 g/mol. The van der Waals surface area contributed by atoms with Crippen LogP contribution >= 0.6 is 0 Å². The molecule has 3 rings (SSSR count). The topological polar surface area (TPSA) is 75.6 Å². The van der Waals surface area contributed by atoms with Crippen molar-refractivity contribution in [3.8, 4) is 5.75 Å². The minimum absolute atomic E-state index is 0.0375. The van der Waals surface area contributed by atoms with Gasteiger partial charge in [0.05, 0.1) is 6.04 Å². The summed E-state index contributed by atoms with van der Waals surface area (Å²) in [6.45, 7) is 1.24. The van der Waals surface area contributed by atoms with Crippen LogP contribution in [0.2, 0.25) is 0 Å². The molecule has 0 aliphatic heterocycles. The van der Waals surface area contributed by atoms with E-state index in [-0.39, 0.29) is 17.4 Å². The van der Waals surface area contributed by atoms with Crippen LogP contribution in [0, 0.1) is 6.92 Å². The second kappa shape index (κ2) is 8.86. The zero-order valence-corrected chi connectivity index (χ0v) is 15.5. The molecule has 0 bridgehead atoms. The highest BCUT2D eigenvalue weighted by molar-refractivity contribution is 5.94. The summed E-state index contributed by atoms with van der Waals surface area (Å²) in [6, 6.07) is 23.5. The van der Waals surface area contributed by atoms with Crippen LogP contribution in [0.1, 0.15) is 33.1 Å². The van der Waals surface area contributed by atoms with Crippen molar-refractivity contribution in [1.29, 1.82) is 0 Å². The van der Waals surface area contributed by atoms with Crippen molar-refractivity contribution in [2.45, 2.75) is 13.0 Å². The lowest BCUT2D eigenvalue weighted by atomic mass is 9.99. The predicted molar refractivity (Wildman–Crippen MR) is 106 cm³/mol. The molecule has 0 fully saturated rings. The van der Waals surface area contributed by atoms with E-state index in [4.69, 9.17) is 4.74 Å². The Hall–Kier alpha value is -3.60. The molecule has 28 heavy (non-hydrogen) atoms. The molecule has 142 valence electrons. The summed E-state index contributed by atoms with van der Waals surface area (Å²) in [6.07, 6.45) is 0. The van der Waals surface area contributed by atoms with E-state index in [9.17, 15) is 14.7 Å². The molecule has 0 atom stereocenters. The van der Waals surface area contributed by atoms with Gasteiger partial charge in [0.1, 0.15) is 11.3 Å². The maximum Gasteiger partial charge on any atom is 0.342 e. The summed E-state index contributed by atoms with van der Waals surface area (Å²) in [4.78, 5) is 24.6. The normalized spacial score (nSPS) is 10.5. The summed E-state index contributed by atoms with van der Waals surface area (Å²) in [5.74, 6) is -1.31. The molecule has 5 nitrogen and oxygen atoms in total. The van der Waals surface area contributed by atoms with Gasteiger partial charge >= 0.3 is 5.97 Å². The number of rotatable bonds is 6. The minimum atomic E-state index is -0.743. The van der Waals surface area contributed by atoms with Crippen molar-refractivity contribution in [2.75, 3.05) is 6.61 Å². The molecule has 0 saturated heterocycles. The summed E-state index contributed by atoms with van der Waals surface area (Å²) in [5, 5.41) is 12.9. The molecule has 0 aliphatic rings. The fraction of sp³-hybridized carbons (Fsp3) is 0.130. The lowest BCUT2D eigenvalue weighted by molar-refractivity contribution is -0.124. The maximum atomic E-state index is 12.4. The van der Waals surface area contributed by atoms with Crippen LogP contribution in [-0.2, 0) is 9.53 Å². The zero-order chi connectivity index (χ0) is 19.9. The highest BCUT2D eigenvalue weighted by atomic mass is 16.5. The quantitative estimate of drug-likeness (QED) is 0.643. The van der Waals surface area contributed by atoms with Crippen molar-refractivity contribution >= 4 is 11.9 Å². The number of amides is 1. The Balaban J connectivity index is 1.69. The highest BCUT2D eigenvalue weighted by Crippen LogP contribution is 2.23. The van der Waals surface area contributed by atoms with E-state index in [1.807, 2.05) is 60.7 Å².